The molecule has 0 spiro atoms. The minimum absolute atomic E-state index is 0.0178. The second kappa shape index (κ2) is 13.9. The lowest BCUT2D eigenvalue weighted by Crippen LogP contribution is -2.12. The molecule has 0 bridgehead atoms. The molecule has 7 heteroatoms. The van der Waals surface area contributed by atoms with Gasteiger partial charge in [-0.25, -0.2) is 15.0 Å². The first-order valence-corrected chi connectivity index (χ1v) is 13.1. The highest BCUT2D eigenvalue weighted by Gasteiger charge is 2.15. The van der Waals surface area contributed by atoms with Gasteiger partial charge in [0, 0.05) is 23.6 Å². The summed E-state index contributed by atoms with van der Waals surface area (Å²) in [6.45, 7) is 2.52. The van der Waals surface area contributed by atoms with Gasteiger partial charge < -0.3 is 14.6 Å². The number of unbranched alkanes of at least 4 members (excludes halogenated alkanes) is 4. The molecule has 0 fully saturated rings. The Kier molecular flexibility index (Phi) is 9.79. The number of hydrogen-bond acceptors (Lipinski definition) is 7. The molecule has 1 N–H and O–H groups in total. The second-order valence-corrected chi connectivity index (χ2v) is 8.95. The van der Waals surface area contributed by atoms with Crippen LogP contribution in [0.25, 0.3) is 34.2 Å². The highest BCUT2D eigenvalue weighted by Crippen LogP contribution is 2.32. The number of benzene rings is 3. The Hall–Kier alpha value is -4.26. The maximum atomic E-state index is 11.9. The number of hydrogen-bond donors (Lipinski definition) is 1. The van der Waals surface area contributed by atoms with Crippen LogP contribution in [0.2, 0.25) is 0 Å². The number of aromatic hydroxyl groups is 1. The van der Waals surface area contributed by atoms with Crippen molar-refractivity contribution in [1.29, 1.82) is 0 Å². The number of phenols is 1. The first kappa shape index (κ1) is 26.8. The number of rotatable bonds is 13. The summed E-state index contributed by atoms with van der Waals surface area (Å²) in [7, 11) is 0. The lowest BCUT2D eigenvalue weighted by Gasteiger charge is -2.11. The third-order valence-corrected chi connectivity index (χ3v) is 6.01. The summed E-state index contributed by atoms with van der Waals surface area (Å²) >= 11 is 0. The maximum absolute atomic E-state index is 11.9. The Morgan fingerprint density at radius 1 is 0.737 bits per heavy atom. The average Bonchev–Trinajstić information content (AvgIpc) is 2.96. The van der Waals surface area contributed by atoms with Crippen molar-refractivity contribution < 1.29 is 19.4 Å². The van der Waals surface area contributed by atoms with E-state index in [4.69, 9.17) is 9.47 Å². The van der Waals surface area contributed by atoms with Crippen LogP contribution in [0.3, 0.4) is 0 Å². The fourth-order valence-corrected chi connectivity index (χ4v) is 3.98. The minimum Gasteiger partial charge on any atom is -0.507 e. The zero-order valence-electron chi connectivity index (χ0n) is 21.7. The number of phenolic OH excluding ortho intramolecular Hbond substituents is 1. The van der Waals surface area contributed by atoms with Crippen LogP contribution in [0, 0.1) is 0 Å². The molecule has 4 aromatic rings. The van der Waals surface area contributed by atoms with Crippen molar-refractivity contribution in [2.45, 2.75) is 45.4 Å². The monoisotopic (exact) mass is 511 g/mol. The smallest absolute Gasteiger partial charge is 0.305 e. The highest BCUT2D eigenvalue weighted by atomic mass is 16.6. The number of aromatic nitrogens is 3. The molecule has 0 aliphatic heterocycles. The van der Waals surface area contributed by atoms with E-state index in [9.17, 15) is 9.90 Å². The molecule has 38 heavy (non-hydrogen) atoms. The van der Waals surface area contributed by atoms with Crippen LogP contribution >= 0.6 is 0 Å². The van der Waals surface area contributed by atoms with E-state index in [1.165, 1.54) is 18.9 Å². The summed E-state index contributed by atoms with van der Waals surface area (Å²) in [5.41, 5.74) is 2.16. The van der Waals surface area contributed by atoms with E-state index in [0.717, 1.165) is 30.4 Å². The fraction of sp³-hybridized carbons (Fsp3) is 0.290. The number of carbonyl (C=O) groups is 1. The van der Waals surface area contributed by atoms with Crippen LogP contribution < -0.4 is 4.74 Å². The van der Waals surface area contributed by atoms with Crippen LogP contribution in [0.1, 0.15) is 45.4 Å². The van der Waals surface area contributed by atoms with Crippen molar-refractivity contribution >= 4 is 5.97 Å². The number of esters is 1. The first-order chi connectivity index (χ1) is 18.6. The molecule has 0 unspecified atom stereocenters. The number of ether oxygens (including phenoxy) is 2. The fourth-order valence-electron chi connectivity index (χ4n) is 3.98. The van der Waals surface area contributed by atoms with Gasteiger partial charge in [-0.2, -0.15) is 0 Å². The SMILES string of the molecule is CCCCCCCC(=O)OCCOc1ccc(-c2nc(-c3ccccc3)nc(-c3ccccc3)n2)c(O)c1. The Morgan fingerprint density at radius 2 is 1.34 bits per heavy atom. The van der Waals surface area contributed by atoms with Crippen molar-refractivity contribution in [3.05, 3.63) is 78.9 Å². The third kappa shape index (κ3) is 7.62. The van der Waals surface area contributed by atoms with Gasteiger partial charge in [-0.1, -0.05) is 93.3 Å². The van der Waals surface area contributed by atoms with Gasteiger partial charge in [0.2, 0.25) is 0 Å². The van der Waals surface area contributed by atoms with Crippen LogP contribution in [-0.2, 0) is 9.53 Å². The predicted molar refractivity (Wildman–Crippen MR) is 148 cm³/mol. The summed E-state index contributed by atoms with van der Waals surface area (Å²) < 4.78 is 10.9. The molecule has 3 aromatic carbocycles. The van der Waals surface area contributed by atoms with Gasteiger partial charge in [0.05, 0.1) is 5.56 Å². The zero-order chi connectivity index (χ0) is 26.6. The van der Waals surface area contributed by atoms with Crippen molar-refractivity contribution in [1.82, 2.24) is 15.0 Å². The molecule has 0 saturated heterocycles. The van der Waals surface area contributed by atoms with E-state index >= 15 is 0 Å². The molecular formula is C31H33N3O4. The molecule has 1 heterocycles. The van der Waals surface area contributed by atoms with Gasteiger partial charge in [-0.05, 0) is 18.6 Å². The molecule has 1 aromatic heterocycles. The van der Waals surface area contributed by atoms with E-state index < -0.39 is 0 Å². The van der Waals surface area contributed by atoms with Crippen LogP contribution in [0.4, 0.5) is 0 Å². The summed E-state index contributed by atoms with van der Waals surface area (Å²) in [4.78, 5) is 25.8. The Morgan fingerprint density at radius 3 is 1.95 bits per heavy atom. The van der Waals surface area contributed by atoms with Crippen LogP contribution in [-0.4, -0.2) is 39.2 Å². The van der Waals surface area contributed by atoms with E-state index in [1.807, 2.05) is 60.7 Å². The summed E-state index contributed by atoms with van der Waals surface area (Å²) in [5, 5.41) is 10.8. The van der Waals surface area contributed by atoms with Gasteiger partial charge in [0.15, 0.2) is 17.5 Å². The molecule has 196 valence electrons. The van der Waals surface area contributed by atoms with Gasteiger partial charge >= 0.3 is 5.97 Å². The molecule has 0 aliphatic rings. The summed E-state index contributed by atoms with van der Waals surface area (Å²) in [6.07, 6.45) is 5.86. The topological polar surface area (TPSA) is 94.4 Å². The summed E-state index contributed by atoms with van der Waals surface area (Å²) in [6, 6.07) is 24.3. The highest BCUT2D eigenvalue weighted by molar-refractivity contribution is 5.70. The minimum atomic E-state index is -0.207. The predicted octanol–water partition coefficient (Wildman–Crippen LogP) is 6.86. The maximum Gasteiger partial charge on any atom is 0.305 e. The molecule has 4 rings (SSSR count). The molecule has 0 amide bonds. The molecule has 0 radical (unpaired) electrons. The zero-order valence-corrected chi connectivity index (χ0v) is 21.7. The summed E-state index contributed by atoms with van der Waals surface area (Å²) in [5.74, 6) is 1.62. The molecule has 0 aliphatic carbocycles. The molecular weight excluding hydrogens is 478 g/mol. The van der Waals surface area contributed by atoms with Crippen molar-refractivity contribution in [2.24, 2.45) is 0 Å². The third-order valence-electron chi connectivity index (χ3n) is 6.01. The van der Waals surface area contributed by atoms with Crippen molar-refractivity contribution in [3.8, 4) is 45.7 Å². The number of carbonyl (C=O) groups excluding carboxylic acids is 1. The van der Waals surface area contributed by atoms with E-state index in [2.05, 4.69) is 21.9 Å². The largest absolute Gasteiger partial charge is 0.507 e. The van der Waals surface area contributed by atoms with Gasteiger partial charge in [0.1, 0.15) is 24.7 Å². The van der Waals surface area contributed by atoms with E-state index in [-0.39, 0.29) is 24.9 Å². The van der Waals surface area contributed by atoms with Crippen LogP contribution in [0.5, 0.6) is 11.5 Å². The van der Waals surface area contributed by atoms with Crippen molar-refractivity contribution in [2.75, 3.05) is 13.2 Å². The lowest BCUT2D eigenvalue weighted by molar-refractivity contribution is -0.144. The quantitative estimate of drug-likeness (QED) is 0.155. The number of nitrogens with zero attached hydrogens (tertiary/aromatic N) is 3. The first-order valence-electron chi connectivity index (χ1n) is 13.1. The molecule has 0 atom stereocenters. The molecule has 0 saturated carbocycles. The second-order valence-electron chi connectivity index (χ2n) is 8.95. The average molecular weight is 512 g/mol. The lowest BCUT2D eigenvalue weighted by atomic mass is 10.1. The van der Waals surface area contributed by atoms with Gasteiger partial charge in [-0.15, -0.1) is 0 Å². The van der Waals surface area contributed by atoms with E-state index in [0.29, 0.717) is 35.2 Å². The van der Waals surface area contributed by atoms with Crippen LogP contribution in [0.15, 0.2) is 78.9 Å². The standard InChI is InChI=1S/C31H33N3O4/c1-2-3-4-5-12-17-28(36)38-21-20-37-25-18-19-26(27(35)22-25)31-33-29(23-13-8-6-9-14-23)32-30(34-31)24-15-10-7-11-16-24/h6-11,13-16,18-19,22,35H,2-5,12,17,20-21H2,1H3. The Balaban J connectivity index is 1.43. The Bertz CT molecular complexity index is 1260. The van der Waals surface area contributed by atoms with Gasteiger partial charge in [0.25, 0.3) is 0 Å². The molecule has 7 nitrogen and oxygen atoms in total. The van der Waals surface area contributed by atoms with Crippen molar-refractivity contribution in [3.63, 3.8) is 0 Å². The van der Waals surface area contributed by atoms with Gasteiger partial charge in [-0.3, -0.25) is 4.79 Å². The van der Waals surface area contributed by atoms with E-state index in [1.54, 1.807) is 12.1 Å². The normalized spacial score (nSPS) is 10.8. The Labute approximate surface area is 223 Å².